The van der Waals surface area contributed by atoms with Gasteiger partial charge in [-0.2, -0.15) is 0 Å². The van der Waals surface area contributed by atoms with Crippen LogP contribution in [0.2, 0.25) is 5.02 Å². The lowest BCUT2D eigenvalue weighted by atomic mass is 10.2. The summed E-state index contributed by atoms with van der Waals surface area (Å²) in [5.41, 5.74) is 1.60. The molecule has 0 spiro atoms. The quantitative estimate of drug-likeness (QED) is 0.567. The SMILES string of the molecule is CN1C(=O)S/C(=C\c2cc(Cl)c(OCc3ccc4c(c3)OCO4)c(Br)c2)C1=O. The molecule has 28 heavy (non-hydrogen) atoms. The Morgan fingerprint density at radius 2 is 2.04 bits per heavy atom. The average molecular weight is 483 g/mol. The van der Waals surface area contributed by atoms with Crippen molar-refractivity contribution in [3.05, 3.63) is 55.9 Å². The Labute approximate surface area is 178 Å². The molecule has 0 bridgehead atoms. The van der Waals surface area contributed by atoms with E-state index >= 15 is 0 Å². The summed E-state index contributed by atoms with van der Waals surface area (Å²) in [5.74, 6) is 1.56. The van der Waals surface area contributed by atoms with E-state index in [1.165, 1.54) is 7.05 Å². The molecule has 9 heteroatoms. The summed E-state index contributed by atoms with van der Waals surface area (Å²) in [5, 5.41) is 0.0854. The van der Waals surface area contributed by atoms with E-state index in [2.05, 4.69) is 15.9 Å². The minimum Gasteiger partial charge on any atom is -0.486 e. The molecule has 0 radical (unpaired) electrons. The van der Waals surface area contributed by atoms with Gasteiger partial charge in [0.05, 0.1) is 14.4 Å². The van der Waals surface area contributed by atoms with Gasteiger partial charge in [0, 0.05) is 7.05 Å². The van der Waals surface area contributed by atoms with Crippen molar-refractivity contribution in [2.45, 2.75) is 6.61 Å². The molecule has 6 nitrogen and oxygen atoms in total. The van der Waals surface area contributed by atoms with Gasteiger partial charge < -0.3 is 14.2 Å². The second-order valence-corrected chi connectivity index (χ2v) is 8.29. The van der Waals surface area contributed by atoms with Crippen LogP contribution < -0.4 is 14.2 Å². The minimum absolute atomic E-state index is 0.218. The smallest absolute Gasteiger partial charge is 0.293 e. The summed E-state index contributed by atoms with van der Waals surface area (Å²) < 4.78 is 17.2. The van der Waals surface area contributed by atoms with Crippen LogP contribution in [0.15, 0.2) is 39.7 Å². The zero-order valence-corrected chi connectivity index (χ0v) is 17.7. The number of amides is 2. The zero-order chi connectivity index (χ0) is 19.8. The van der Waals surface area contributed by atoms with Crippen molar-refractivity contribution in [3.8, 4) is 17.2 Å². The number of hydrogen-bond donors (Lipinski definition) is 0. The molecular formula is C19H13BrClNO5S. The molecule has 0 saturated carbocycles. The maximum absolute atomic E-state index is 12.0. The second-order valence-electron chi connectivity index (χ2n) is 6.03. The Balaban J connectivity index is 1.52. The van der Waals surface area contributed by atoms with Crippen LogP contribution in [-0.2, 0) is 11.4 Å². The zero-order valence-electron chi connectivity index (χ0n) is 14.5. The summed E-state index contributed by atoms with van der Waals surface area (Å²) in [7, 11) is 1.45. The van der Waals surface area contributed by atoms with E-state index in [-0.39, 0.29) is 17.9 Å². The number of hydrogen-bond acceptors (Lipinski definition) is 6. The topological polar surface area (TPSA) is 65.1 Å². The first-order chi connectivity index (χ1) is 13.4. The highest BCUT2D eigenvalue weighted by Crippen LogP contribution is 2.38. The van der Waals surface area contributed by atoms with E-state index in [0.29, 0.717) is 43.8 Å². The van der Waals surface area contributed by atoms with Gasteiger partial charge in [-0.3, -0.25) is 14.5 Å². The molecule has 0 aromatic heterocycles. The fraction of sp³-hybridized carbons (Fsp3) is 0.158. The summed E-state index contributed by atoms with van der Waals surface area (Å²) >= 11 is 10.7. The molecule has 0 unspecified atom stereocenters. The van der Waals surface area contributed by atoms with Gasteiger partial charge in [-0.05, 0) is 69.2 Å². The predicted octanol–water partition coefficient (Wildman–Crippen LogP) is 5.08. The number of rotatable bonds is 4. The number of nitrogens with zero attached hydrogens (tertiary/aromatic N) is 1. The molecule has 2 heterocycles. The molecular weight excluding hydrogens is 470 g/mol. The number of carbonyl (C=O) groups is 2. The highest BCUT2D eigenvalue weighted by Gasteiger charge is 2.31. The summed E-state index contributed by atoms with van der Waals surface area (Å²) in [4.78, 5) is 25.1. The maximum atomic E-state index is 12.0. The van der Waals surface area contributed by atoms with E-state index in [9.17, 15) is 9.59 Å². The number of fused-ring (bicyclic) bond motifs is 1. The number of halogens is 2. The number of ether oxygens (including phenoxy) is 3. The Hall–Kier alpha value is -2.16. The fourth-order valence-electron chi connectivity index (χ4n) is 2.68. The van der Waals surface area contributed by atoms with Crippen LogP contribution in [0.1, 0.15) is 11.1 Å². The van der Waals surface area contributed by atoms with Gasteiger partial charge in [-0.1, -0.05) is 17.7 Å². The number of thioether (sulfide) groups is 1. The molecule has 144 valence electrons. The van der Waals surface area contributed by atoms with E-state index in [0.717, 1.165) is 22.2 Å². The minimum atomic E-state index is -0.328. The lowest BCUT2D eigenvalue weighted by Gasteiger charge is -2.12. The third-order valence-electron chi connectivity index (χ3n) is 4.13. The van der Waals surface area contributed by atoms with Gasteiger partial charge >= 0.3 is 0 Å². The van der Waals surface area contributed by atoms with Crippen molar-refractivity contribution >= 4 is 56.5 Å². The van der Waals surface area contributed by atoms with Crippen molar-refractivity contribution in [3.63, 3.8) is 0 Å². The van der Waals surface area contributed by atoms with E-state index < -0.39 is 0 Å². The van der Waals surface area contributed by atoms with Crippen molar-refractivity contribution in [1.29, 1.82) is 0 Å². The van der Waals surface area contributed by atoms with Crippen molar-refractivity contribution in [1.82, 2.24) is 4.90 Å². The highest BCUT2D eigenvalue weighted by molar-refractivity contribution is 9.10. The van der Waals surface area contributed by atoms with Crippen LogP contribution >= 0.6 is 39.3 Å². The lowest BCUT2D eigenvalue weighted by molar-refractivity contribution is -0.121. The first-order valence-electron chi connectivity index (χ1n) is 8.14. The van der Waals surface area contributed by atoms with Gasteiger partial charge in [0.15, 0.2) is 17.2 Å². The van der Waals surface area contributed by atoms with Crippen molar-refractivity contribution in [2.75, 3.05) is 13.8 Å². The van der Waals surface area contributed by atoms with E-state index in [1.807, 2.05) is 18.2 Å². The number of carbonyl (C=O) groups excluding carboxylic acids is 2. The Bertz CT molecular complexity index is 1000. The fourth-order valence-corrected chi connectivity index (χ4v) is 4.50. The van der Waals surface area contributed by atoms with Crippen LogP contribution in [0.3, 0.4) is 0 Å². The van der Waals surface area contributed by atoms with Gasteiger partial charge in [0.25, 0.3) is 11.1 Å². The van der Waals surface area contributed by atoms with E-state index in [1.54, 1.807) is 18.2 Å². The second kappa shape index (κ2) is 7.69. The third kappa shape index (κ3) is 3.72. The summed E-state index contributed by atoms with van der Waals surface area (Å²) in [6.45, 7) is 0.513. The molecule has 2 aliphatic rings. The molecule has 2 aromatic rings. The molecule has 1 saturated heterocycles. The predicted molar refractivity (Wildman–Crippen MR) is 110 cm³/mol. The monoisotopic (exact) mass is 481 g/mol. The Kier molecular flexibility index (Phi) is 5.27. The van der Waals surface area contributed by atoms with Gasteiger partial charge in [0.1, 0.15) is 6.61 Å². The first kappa shape index (κ1) is 19.2. The molecule has 4 rings (SSSR count). The number of benzene rings is 2. The van der Waals surface area contributed by atoms with Crippen molar-refractivity contribution < 1.29 is 23.8 Å². The van der Waals surface area contributed by atoms with Crippen molar-refractivity contribution in [2.24, 2.45) is 0 Å². The summed E-state index contributed by atoms with van der Waals surface area (Å²) in [6, 6.07) is 9.06. The lowest BCUT2D eigenvalue weighted by Crippen LogP contribution is -2.22. The normalized spacial score (nSPS) is 17.0. The van der Waals surface area contributed by atoms with Gasteiger partial charge in [0.2, 0.25) is 6.79 Å². The largest absolute Gasteiger partial charge is 0.486 e. The Morgan fingerprint density at radius 3 is 2.75 bits per heavy atom. The van der Waals surface area contributed by atoms with Gasteiger partial charge in [-0.25, -0.2) is 0 Å². The standard InChI is InChI=1S/C19H13BrClNO5S/c1-22-18(23)16(28-19(22)24)7-11-4-12(20)17(13(21)5-11)25-8-10-2-3-14-15(6-10)27-9-26-14/h2-7H,8-9H2,1H3/b16-7-. The maximum Gasteiger partial charge on any atom is 0.293 e. The molecule has 2 aliphatic heterocycles. The van der Waals surface area contributed by atoms with Crippen LogP contribution in [-0.4, -0.2) is 29.9 Å². The third-order valence-corrected chi connectivity index (χ3v) is 5.96. The molecule has 2 amide bonds. The summed E-state index contributed by atoms with van der Waals surface area (Å²) in [6.07, 6.45) is 1.63. The molecule has 0 aliphatic carbocycles. The van der Waals surface area contributed by atoms with Crippen LogP contribution in [0.5, 0.6) is 17.2 Å². The molecule has 0 N–H and O–H groups in total. The highest BCUT2D eigenvalue weighted by atomic mass is 79.9. The van der Waals surface area contributed by atoms with E-state index in [4.69, 9.17) is 25.8 Å². The van der Waals surface area contributed by atoms with Crippen LogP contribution in [0.25, 0.3) is 6.08 Å². The number of imide groups is 1. The first-order valence-corrected chi connectivity index (χ1v) is 10.1. The van der Waals surface area contributed by atoms with Crippen LogP contribution in [0, 0.1) is 0 Å². The molecule has 2 aromatic carbocycles. The Morgan fingerprint density at radius 1 is 1.25 bits per heavy atom. The molecule has 1 fully saturated rings. The molecule has 0 atom stereocenters. The average Bonchev–Trinajstić information content (AvgIpc) is 3.21. The van der Waals surface area contributed by atoms with Crippen LogP contribution in [0.4, 0.5) is 4.79 Å². The number of likely N-dealkylation sites (N-methyl/N-ethyl adjacent to an activating group) is 1. The van der Waals surface area contributed by atoms with Gasteiger partial charge in [-0.15, -0.1) is 0 Å².